The van der Waals surface area contributed by atoms with Crippen molar-refractivity contribution < 1.29 is 9.47 Å². The van der Waals surface area contributed by atoms with Crippen LogP contribution in [-0.4, -0.2) is 42.0 Å². The van der Waals surface area contributed by atoms with E-state index in [0.717, 1.165) is 45.3 Å². The summed E-state index contributed by atoms with van der Waals surface area (Å²) >= 11 is 0. The first-order valence-corrected chi connectivity index (χ1v) is 23.3. The first-order valence-electron chi connectivity index (χ1n) is 23.3. The number of hydrogen-bond donors (Lipinski definition) is 0. The summed E-state index contributed by atoms with van der Waals surface area (Å²) in [6, 6.07) is 4.20. The molecule has 0 bridgehead atoms. The molecule has 0 radical (unpaired) electrons. The molecule has 4 heteroatoms. The standard InChI is InChI=1S/C51H86N2O2/c1-5-7-9-11-13-15-17-19-21-23-25-27-29-31-33-35-41-51(42-36-34-32-30-28-26-24-22-20-18-16-14-12-10-8-6-2)54-47-50(55-51)40-46-53(4)45-39-48(3)49-37-43-52-44-38-49/h13-16,19-22,37-39,43-45,48,50H,5-12,17-18,23-36,40-42,46-47H2,1-4H3/b15-13-,16-14-,21-19-,22-20-,45-39+. The molecule has 2 rings (SSSR count). The van der Waals surface area contributed by atoms with Gasteiger partial charge in [0.15, 0.2) is 5.79 Å². The molecule has 2 heterocycles. The smallest absolute Gasteiger partial charge is 0.168 e. The van der Waals surface area contributed by atoms with Gasteiger partial charge in [-0.1, -0.05) is 153 Å². The molecule has 0 aromatic carbocycles. The summed E-state index contributed by atoms with van der Waals surface area (Å²) in [4.78, 5) is 6.45. The van der Waals surface area contributed by atoms with Crippen molar-refractivity contribution >= 4 is 0 Å². The van der Waals surface area contributed by atoms with Crippen molar-refractivity contribution in [2.24, 2.45) is 0 Å². The summed E-state index contributed by atoms with van der Waals surface area (Å²) in [6.45, 7) is 8.48. The van der Waals surface area contributed by atoms with Gasteiger partial charge in [-0.2, -0.15) is 0 Å². The summed E-state index contributed by atoms with van der Waals surface area (Å²) < 4.78 is 13.4. The molecule has 1 fully saturated rings. The molecule has 312 valence electrons. The Morgan fingerprint density at radius 2 is 1.11 bits per heavy atom. The largest absolute Gasteiger partial charge is 0.381 e. The van der Waals surface area contributed by atoms with Crippen molar-refractivity contribution in [3.05, 3.63) is 91.0 Å². The number of nitrogens with zero attached hydrogens (tertiary/aromatic N) is 2. The molecule has 0 aliphatic carbocycles. The minimum absolute atomic E-state index is 0.183. The van der Waals surface area contributed by atoms with Crippen molar-refractivity contribution in [2.75, 3.05) is 20.2 Å². The van der Waals surface area contributed by atoms with Gasteiger partial charge < -0.3 is 14.4 Å². The molecule has 55 heavy (non-hydrogen) atoms. The minimum Gasteiger partial charge on any atom is -0.381 e. The second kappa shape index (κ2) is 34.8. The molecule has 0 N–H and O–H groups in total. The topological polar surface area (TPSA) is 34.6 Å². The fourth-order valence-electron chi connectivity index (χ4n) is 7.39. The first-order chi connectivity index (χ1) is 27.1. The Bertz CT molecular complexity index is 1090. The fourth-order valence-corrected chi connectivity index (χ4v) is 7.39. The Morgan fingerprint density at radius 1 is 0.655 bits per heavy atom. The Morgan fingerprint density at radius 3 is 1.60 bits per heavy atom. The number of unbranched alkanes of at least 4 members (excludes halogenated alkanes) is 18. The summed E-state index contributed by atoms with van der Waals surface area (Å²) in [5.41, 5.74) is 1.30. The van der Waals surface area contributed by atoms with Crippen LogP contribution in [0, 0.1) is 0 Å². The predicted octanol–water partition coefficient (Wildman–Crippen LogP) is 15.5. The van der Waals surface area contributed by atoms with Crippen molar-refractivity contribution in [3.8, 4) is 0 Å². The highest BCUT2D eigenvalue weighted by Crippen LogP contribution is 2.35. The van der Waals surface area contributed by atoms with Crippen molar-refractivity contribution in [1.82, 2.24) is 9.88 Å². The number of rotatable bonds is 36. The molecule has 0 saturated carbocycles. The third-order valence-corrected chi connectivity index (χ3v) is 11.1. The molecule has 1 aliphatic rings. The van der Waals surface area contributed by atoms with Gasteiger partial charge in [-0.25, -0.2) is 0 Å². The molecule has 2 atom stereocenters. The van der Waals surface area contributed by atoms with E-state index >= 15 is 0 Å². The molecular formula is C51H86N2O2. The van der Waals surface area contributed by atoms with Gasteiger partial charge in [-0.05, 0) is 107 Å². The predicted molar refractivity (Wildman–Crippen MR) is 241 cm³/mol. The average molecular weight is 759 g/mol. The van der Waals surface area contributed by atoms with Crippen LogP contribution in [0.4, 0.5) is 0 Å². The monoisotopic (exact) mass is 759 g/mol. The maximum Gasteiger partial charge on any atom is 0.168 e. The number of hydrogen-bond acceptors (Lipinski definition) is 4. The van der Waals surface area contributed by atoms with Crippen LogP contribution in [0.3, 0.4) is 0 Å². The number of allylic oxidation sites excluding steroid dienone is 9. The van der Waals surface area contributed by atoms with E-state index in [2.05, 4.69) is 111 Å². The Hall–Kier alpha value is -2.43. The lowest BCUT2D eigenvalue weighted by Gasteiger charge is -2.29. The third kappa shape index (κ3) is 27.0. The van der Waals surface area contributed by atoms with E-state index in [-0.39, 0.29) is 11.9 Å². The summed E-state index contributed by atoms with van der Waals surface area (Å²) in [7, 11) is 2.17. The highest BCUT2D eigenvalue weighted by Gasteiger charge is 2.40. The van der Waals surface area contributed by atoms with Crippen LogP contribution in [0.25, 0.3) is 0 Å². The van der Waals surface area contributed by atoms with Gasteiger partial charge in [-0.15, -0.1) is 0 Å². The lowest BCUT2D eigenvalue weighted by molar-refractivity contribution is -0.180. The normalized spacial score (nSPS) is 16.6. The van der Waals surface area contributed by atoms with Gasteiger partial charge >= 0.3 is 0 Å². The highest BCUT2D eigenvalue weighted by atomic mass is 16.7. The quantitative estimate of drug-likeness (QED) is 0.0504. The molecular weight excluding hydrogens is 673 g/mol. The van der Waals surface area contributed by atoms with Gasteiger partial charge in [0.1, 0.15) is 0 Å². The lowest BCUT2D eigenvalue weighted by atomic mass is 9.98. The Balaban J connectivity index is 1.67. The molecule has 1 aliphatic heterocycles. The fraction of sp³-hybridized carbons (Fsp3) is 0.706. The third-order valence-electron chi connectivity index (χ3n) is 11.1. The van der Waals surface area contributed by atoms with E-state index in [0.29, 0.717) is 5.92 Å². The second-order valence-corrected chi connectivity index (χ2v) is 16.3. The molecule has 1 aromatic heterocycles. The van der Waals surface area contributed by atoms with E-state index < -0.39 is 0 Å². The van der Waals surface area contributed by atoms with Gasteiger partial charge in [0.25, 0.3) is 0 Å². The van der Waals surface area contributed by atoms with Gasteiger partial charge in [-0.3, -0.25) is 4.98 Å². The Kier molecular flexibility index (Phi) is 30.8. The van der Waals surface area contributed by atoms with E-state index in [1.807, 2.05) is 12.4 Å². The second-order valence-electron chi connectivity index (χ2n) is 16.3. The van der Waals surface area contributed by atoms with E-state index in [4.69, 9.17) is 9.47 Å². The zero-order valence-corrected chi connectivity index (χ0v) is 36.5. The SMILES string of the molecule is CCCCC/C=C\C/C=C\CCCCCCCCC1(CCCCCCCC/C=C\C/C=C\CCCCC)OCC(CCN(C)/C=C/C(C)c2ccncc2)O1. The van der Waals surface area contributed by atoms with E-state index in [9.17, 15) is 0 Å². The number of aromatic nitrogens is 1. The number of pyridine rings is 1. The molecule has 1 saturated heterocycles. The number of ether oxygens (including phenoxy) is 2. The van der Waals surface area contributed by atoms with Crippen LogP contribution < -0.4 is 0 Å². The summed E-state index contributed by atoms with van der Waals surface area (Å²) in [6.07, 6.45) is 61.0. The van der Waals surface area contributed by atoms with Gasteiger partial charge in [0.2, 0.25) is 0 Å². The van der Waals surface area contributed by atoms with E-state index in [1.165, 1.54) is 147 Å². The molecule has 4 nitrogen and oxygen atoms in total. The van der Waals surface area contributed by atoms with Crippen LogP contribution >= 0.6 is 0 Å². The zero-order chi connectivity index (χ0) is 39.3. The summed E-state index contributed by atoms with van der Waals surface area (Å²) in [5.74, 6) is -0.00744. The van der Waals surface area contributed by atoms with E-state index in [1.54, 1.807) is 0 Å². The molecule has 1 aromatic rings. The lowest BCUT2D eigenvalue weighted by Crippen LogP contribution is -2.31. The van der Waals surface area contributed by atoms with Crippen molar-refractivity contribution in [2.45, 2.75) is 212 Å². The molecule has 0 spiro atoms. The molecule has 2 unspecified atom stereocenters. The van der Waals surface area contributed by atoms with Crippen LogP contribution in [0.5, 0.6) is 0 Å². The zero-order valence-electron chi connectivity index (χ0n) is 36.5. The van der Waals surface area contributed by atoms with Crippen molar-refractivity contribution in [1.29, 1.82) is 0 Å². The van der Waals surface area contributed by atoms with Crippen LogP contribution in [0.2, 0.25) is 0 Å². The Labute approximate surface area is 341 Å². The maximum atomic E-state index is 6.84. The minimum atomic E-state index is -0.376. The van der Waals surface area contributed by atoms with Gasteiger partial charge in [0, 0.05) is 44.7 Å². The molecule has 0 amide bonds. The van der Waals surface area contributed by atoms with Crippen LogP contribution in [-0.2, 0) is 9.47 Å². The van der Waals surface area contributed by atoms with Gasteiger partial charge in [0.05, 0.1) is 12.7 Å². The average Bonchev–Trinajstić information content (AvgIpc) is 3.62. The first kappa shape index (κ1) is 48.7. The van der Waals surface area contributed by atoms with Crippen LogP contribution in [0.1, 0.15) is 206 Å². The van der Waals surface area contributed by atoms with Crippen LogP contribution in [0.15, 0.2) is 85.4 Å². The maximum absolute atomic E-state index is 6.84. The van der Waals surface area contributed by atoms with Crippen molar-refractivity contribution in [3.63, 3.8) is 0 Å². The highest BCUT2D eigenvalue weighted by molar-refractivity contribution is 5.19. The summed E-state index contributed by atoms with van der Waals surface area (Å²) in [5, 5.41) is 0.